The van der Waals surface area contributed by atoms with Crippen molar-refractivity contribution in [1.29, 1.82) is 0 Å². The Bertz CT molecular complexity index is 125. The van der Waals surface area contributed by atoms with Crippen molar-refractivity contribution in [2.45, 2.75) is 32.7 Å². The largest absolute Gasteiger partial charge is 0.317 e. The van der Waals surface area contributed by atoms with Gasteiger partial charge >= 0.3 is 0 Å². The SMILES string of the molecule is CCN1CCC(CC(C)NC)C1. The van der Waals surface area contributed by atoms with Crippen LogP contribution in [-0.4, -0.2) is 37.6 Å². The van der Waals surface area contributed by atoms with Gasteiger partial charge in [0.25, 0.3) is 0 Å². The Hall–Kier alpha value is -0.0800. The first-order chi connectivity index (χ1) is 5.76. The van der Waals surface area contributed by atoms with Crippen LogP contribution >= 0.6 is 0 Å². The van der Waals surface area contributed by atoms with Gasteiger partial charge < -0.3 is 10.2 Å². The molecule has 0 aliphatic carbocycles. The molecule has 0 amide bonds. The van der Waals surface area contributed by atoms with E-state index in [0.29, 0.717) is 6.04 Å². The molecule has 1 aliphatic rings. The lowest BCUT2D eigenvalue weighted by Crippen LogP contribution is -2.26. The first kappa shape index (κ1) is 10.0. The summed E-state index contributed by atoms with van der Waals surface area (Å²) in [6, 6.07) is 0.687. The van der Waals surface area contributed by atoms with Gasteiger partial charge in [-0.25, -0.2) is 0 Å². The van der Waals surface area contributed by atoms with E-state index in [1.165, 1.54) is 32.5 Å². The Morgan fingerprint density at radius 1 is 1.58 bits per heavy atom. The van der Waals surface area contributed by atoms with Crippen LogP contribution in [0.2, 0.25) is 0 Å². The van der Waals surface area contributed by atoms with E-state index in [1.54, 1.807) is 0 Å². The van der Waals surface area contributed by atoms with E-state index in [0.717, 1.165) is 5.92 Å². The summed E-state index contributed by atoms with van der Waals surface area (Å²) in [5, 5.41) is 3.31. The highest BCUT2D eigenvalue weighted by molar-refractivity contribution is 4.77. The average Bonchev–Trinajstić information content (AvgIpc) is 2.52. The molecule has 0 saturated carbocycles. The average molecular weight is 170 g/mol. The van der Waals surface area contributed by atoms with Crippen LogP contribution in [0.25, 0.3) is 0 Å². The molecule has 0 aromatic carbocycles. The lowest BCUT2D eigenvalue weighted by atomic mass is 10.0. The van der Waals surface area contributed by atoms with Gasteiger partial charge in [0.05, 0.1) is 0 Å². The molecule has 1 saturated heterocycles. The number of likely N-dealkylation sites (tertiary alicyclic amines) is 1. The molecular formula is C10H22N2. The zero-order chi connectivity index (χ0) is 8.97. The topological polar surface area (TPSA) is 15.3 Å². The van der Waals surface area contributed by atoms with Gasteiger partial charge in [0.1, 0.15) is 0 Å². The van der Waals surface area contributed by atoms with Crippen LogP contribution in [-0.2, 0) is 0 Å². The number of hydrogen-bond acceptors (Lipinski definition) is 2. The van der Waals surface area contributed by atoms with E-state index in [-0.39, 0.29) is 0 Å². The minimum atomic E-state index is 0.687. The molecule has 0 aromatic heterocycles. The molecule has 12 heavy (non-hydrogen) atoms. The van der Waals surface area contributed by atoms with Gasteiger partial charge in [-0.3, -0.25) is 0 Å². The lowest BCUT2D eigenvalue weighted by molar-refractivity contribution is 0.329. The Morgan fingerprint density at radius 3 is 2.83 bits per heavy atom. The maximum absolute atomic E-state index is 3.31. The summed E-state index contributed by atoms with van der Waals surface area (Å²) in [6.45, 7) is 8.39. The third kappa shape index (κ3) is 2.76. The smallest absolute Gasteiger partial charge is 0.00388 e. The molecule has 0 radical (unpaired) electrons. The fraction of sp³-hybridized carbons (Fsp3) is 1.00. The van der Waals surface area contributed by atoms with Crippen molar-refractivity contribution in [2.75, 3.05) is 26.7 Å². The highest BCUT2D eigenvalue weighted by Crippen LogP contribution is 2.20. The van der Waals surface area contributed by atoms with E-state index >= 15 is 0 Å². The van der Waals surface area contributed by atoms with Crippen LogP contribution in [0, 0.1) is 5.92 Å². The van der Waals surface area contributed by atoms with Crippen LogP contribution in [0.4, 0.5) is 0 Å². The molecule has 72 valence electrons. The van der Waals surface area contributed by atoms with Gasteiger partial charge in [-0.1, -0.05) is 6.92 Å². The molecule has 1 aliphatic heterocycles. The van der Waals surface area contributed by atoms with E-state index in [1.807, 2.05) is 0 Å². The second-order valence-electron chi connectivity index (χ2n) is 3.97. The summed E-state index contributed by atoms with van der Waals surface area (Å²) in [6.07, 6.45) is 2.74. The third-order valence-corrected chi connectivity index (χ3v) is 3.00. The summed E-state index contributed by atoms with van der Waals surface area (Å²) in [5.41, 5.74) is 0. The van der Waals surface area contributed by atoms with Crippen LogP contribution in [0.3, 0.4) is 0 Å². The minimum absolute atomic E-state index is 0.687. The minimum Gasteiger partial charge on any atom is -0.317 e. The number of nitrogens with zero attached hydrogens (tertiary/aromatic N) is 1. The van der Waals surface area contributed by atoms with Gasteiger partial charge in [-0.05, 0) is 45.8 Å². The van der Waals surface area contributed by atoms with E-state index in [9.17, 15) is 0 Å². The van der Waals surface area contributed by atoms with E-state index in [4.69, 9.17) is 0 Å². The highest BCUT2D eigenvalue weighted by Gasteiger charge is 2.21. The van der Waals surface area contributed by atoms with Crippen LogP contribution < -0.4 is 5.32 Å². The lowest BCUT2D eigenvalue weighted by Gasteiger charge is -2.16. The standard InChI is InChI=1S/C10H22N2/c1-4-12-6-5-10(8-12)7-9(2)11-3/h9-11H,4-8H2,1-3H3. The van der Waals surface area contributed by atoms with Gasteiger partial charge in [0, 0.05) is 12.6 Å². The quantitative estimate of drug-likeness (QED) is 0.684. The molecule has 1 N–H and O–H groups in total. The summed E-state index contributed by atoms with van der Waals surface area (Å²) in [4.78, 5) is 2.55. The molecule has 2 heteroatoms. The highest BCUT2D eigenvalue weighted by atomic mass is 15.1. The Balaban J connectivity index is 2.18. The molecule has 1 heterocycles. The number of hydrogen-bond donors (Lipinski definition) is 1. The van der Waals surface area contributed by atoms with Crippen molar-refractivity contribution in [3.8, 4) is 0 Å². The molecule has 2 unspecified atom stereocenters. The molecular weight excluding hydrogens is 148 g/mol. The molecule has 1 rings (SSSR count). The number of rotatable bonds is 4. The van der Waals surface area contributed by atoms with Crippen LogP contribution in [0.5, 0.6) is 0 Å². The third-order valence-electron chi connectivity index (χ3n) is 3.00. The zero-order valence-electron chi connectivity index (χ0n) is 8.64. The maximum Gasteiger partial charge on any atom is 0.00388 e. The van der Waals surface area contributed by atoms with Crippen LogP contribution in [0.15, 0.2) is 0 Å². The fourth-order valence-corrected chi connectivity index (χ4v) is 2.01. The van der Waals surface area contributed by atoms with Crippen molar-refractivity contribution >= 4 is 0 Å². The Labute approximate surface area is 76.3 Å². The van der Waals surface area contributed by atoms with E-state index < -0.39 is 0 Å². The first-order valence-corrected chi connectivity index (χ1v) is 5.15. The molecule has 2 atom stereocenters. The summed E-state index contributed by atoms with van der Waals surface area (Å²) >= 11 is 0. The van der Waals surface area contributed by atoms with E-state index in [2.05, 4.69) is 31.1 Å². The molecule has 0 bridgehead atoms. The van der Waals surface area contributed by atoms with Crippen molar-refractivity contribution in [1.82, 2.24) is 10.2 Å². The number of nitrogens with one attached hydrogen (secondary N) is 1. The molecule has 0 spiro atoms. The van der Waals surface area contributed by atoms with Gasteiger partial charge in [0.2, 0.25) is 0 Å². The van der Waals surface area contributed by atoms with Crippen molar-refractivity contribution < 1.29 is 0 Å². The summed E-state index contributed by atoms with van der Waals surface area (Å²) in [5.74, 6) is 0.937. The second kappa shape index (κ2) is 4.83. The second-order valence-corrected chi connectivity index (χ2v) is 3.97. The predicted octanol–water partition coefficient (Wildman–Crippen LogP) is 1.33. The first-order valence-electron chi connectivity index (χ1n) is 5.15. The Morgan fingerprint density at radius 2 is 2.33 bits per heavy atom. The Kier molecular flexibility index (Phi) is 4.02. The van der Waals surface area contributed by atoms with Gasteiger partial charge in [-0.15, -0.1) is 0 Å². The van der Waals surface area contributed by atoms with Crippen molar-refractivity contribution in [3.05, 3.63) is 0 Å². The van der Waals surface area contributed by atoms with Crippen LogP contribution in [0.1, 0.15) is 26.7 Å². The maximum atomic E-state index is 3.31. The summed E-state index contributed by atoms with van der Waals surface area (Å²) in [7, 11) is 2.05. The molecule has 1 fully saturated rings. The monoisotopic (exact) mass is 170 g/mol. The fourth-order valence-electron chi connectivity index (χ4n) is 2.01. The molecule has 0 aromatic rings. The summed E-state index contributed by atoms with van der Waals surface area (Å²) < 4.78 is 0. The molecule has 2 nitrogen and oxygen atoms in total. The van der Waals surface area contributed by atoms with Gasteiger partial charge in [0.15, 0.2) is 0 Å². The van der Waals surface area contributed by atoms with Crippen molar-refractivity contribution in [2.24, 2.45) is 5.92 Å². The van der Waals surface area contributed by atoms with Gasteiger partial charge in [-0.2, -0.15) is 0 Å². The predicted molar refractivity (Wildman–Crippen MR) is 53.4 cm³/mol. The zero-order valence-corrected chi connectivity index (χ0v) is 8.64. The van der Waals surface area contributed by atoms with Crippen molar-refractivity contribution in [3.63, 3.8) is 0 Å². The normalized spacial score (nSPS) is 27.8.